The Morgan fingerprint density at radius 2 is 1.82 bits per heavy atom. The van der Waals surface area contributed by atoms with Gasteiger partial charge in [-0.2, -0.15) is 0 Å². The predicted molar refractivity (Wildman–Crippen MR) is 151 cm³/mol. The number of nitrogens with two attached hydrogens (primary N) is 1. The van der Waals surface area contributed by atoms with E-state index >= 15 is 0 Å². The lowest BCUT2D eigenvalue weighted by Gasteiger charge is -2.30. The first kappa shape index (κ1) is 30.6. The zero-order valence-corrected chi connectivity index (χ0v) is 23.3. The smallest absolute Gasteiger partial charge is 0.243 e. The molecule has 1 aliphatic rings. The van der Waals surface area contributed by atoms with Gasteiger partial charge in [-0.05, 0) is 43.4 Å². The van der Waals surface area contributed by atoms with E-state index in [0.29, 0.717) is 43.7 Å². The molecule has 0 fully saturated rings. The quantitative estimate of drug-likeness (QED) is 0.286. The second-order valence-corrected chi connectivity index (χ2v) is 9.91. The van der Waals surface area contributed by atoms with Gasteiger partial charge in [-0.1, -0.05) is 37.3 Å². The van der Waals surface area contributed by atoms with Gasteiger partial charge < -0.3 is 31.3 Å². The highest BCUT2D eigenvalue weighted by Gasteiger charge is 2.30. The van der Waals surface area contributed by atoms with Crippen LogP contribution >= 0.6 is 0 Å². The Balaban J connectivity index is 1.84. The van der Waals surface area contributed by atoms with Crippen LogP contribution in [-0.2, 0) is 27.2 Å². The van der Waals surface area contributed by atoms with Gasteiger partial charge in [0.2, 0.25) is 17.7 Å². The number of carbonyl (C=O) groups is 3. The van der Waals surface area contributed by atoms with Crippen molar-refractivity contribution in [1.29, 1.82) is 5.41 Å². The van der Waals surface area contributed by atoms with Crippen molar-refractivity contribution in [3.8, 4) is 5.75 Å². The summed E-state index contributed by atoms with van der Waals surface area (Å²) in [6.07, 6.45) is 1.81. The van der Waals surface area contributed by atoms with Crippen molar-refractivity contribution < 1.29 is 23.5 Å². The normalized spacial score (nSPS) is 21.8. The molecule has 216 valence electrons. The lowest BCUT2D eigenvalue weighted by molar-refractivity contribution is -0.140. The van der Waals surface area contributed by atoms with Gasteiger partial charge in [0.05, 0.1) is 6.04 Å². The molecule has 11 heteroatoms. The van der Waals surface area contributed by atoms with E-state index in [1.54, 1.807) is 44.3 Å². The Morgan fingerprint density at radius 3 is 2.50 bits per heavy atom. The molecule has 2 aromatic carbocycles. The Kier molecular flexibility index (Phi) is 11.0. The third kappa shape index (κ3) is 8.25. The molecule has 1 aliphatic heterocycles. The number of hydrogen-bond donors (Lipinski definition) is 5. The molecule has 0 aliphatic carbocycles. The van der Waals surface area contributed by atoms with Crippen molar-refractivity contribution in [3.63, 3.8) is 0 Å². The van der Waals surface area contributed by atoms with Gasteiger partial charge in [0.25, 0.3) is 0 Å². The number of nitrogens with zero attached hydrogens (tertiary/aromatic N) is 1. The number of halogens is 1. The number of benzene rings is 2. The van der Waals surface area contributed by atoms with Crippen molar-refractivity contribution in [2.45, 2.75) is 57.7 Å². The van der Waals surface area contributed by atoms with Crippen molar-refractivity contribution in [3.05, 3.63) is 65.0 Å². The number of likely N-dealkylation sites (N-methyl/N-ethyl adjacent to an activating group) is 1. The highest BCUT2D eigenvalue weighted by Crippen LogP contribution is 2.21. The topological polar surface area (TPSA) is 150 Å². The van der Waals surface area contributed by atoms with Crippen molar-refractivity contribution in [2.24, 2.45) is 5.73 Å². The van der Waals surface area contributed by atoms with Crippen LogP contribution in [0.4, 0.5) is 4.39 Å². The van der Waals surface area contributed by atoms with Crippen LogP contribution in [-0.4, -0.2) is 73.3 Å². The third-order valence-corrected chi connectivity index (χ3v) is 7.05. The number of rotatable bonds is 4. The predicted octanol–water partition coefficient (Wildman–Crippen LogP) is 1.49. The summed E-state index contributed by atoms with van der Waals surface area (Å²) in [7, 11) is 1.56. The summed E-state index contributed by atoms with van der Waals surface area (Å²) in [5.41, 5.74) is 7.68. The minimum atomic E-state index is -0.898. The molecule has 0 saturated heterocycles. The molecule has 0 radical (unpaired) electrons. The Labute approximate surface area is 234 Å². The van der Waals surface area contributed by atoms with Crippen molar-refractivity contribution >= 4 is 23.6 Å². The van der Waals surface area contributed by atoms with E-state index in [1.165, 1.54) is 17.0 Å². The molecule has 6 N–H and O–H groups in total. The van der Waals surface area contributed by atoms with Crippen LogP contribution in [0.15, 0.2) is 42.5 Å². The van der Waals surface area contributed by atoms with Crippen LogP contribution in [0.25, 0.3) is 0 Å². The lowest BCUT2D eigenvalue weighted by Crippen LogP contribution is -2.56. The second-order valence-electron chi connectivity index (χ2n) is 9.91. The van der Waals surface area contributed by atoms with E-state index in [4.69, 9.17) is 15.9 Å². The molecule has 2 aromatic rings. The van der Waals surface area contributed by atoms with E-state index in [2.05, 4.69) is 16.0 Å². The van der Waals surface area contributed by atoms with Crippen LogP contribution in [0.1, 0.15) is 43.4 Å². The minimum absolute atomic E-state index is 0.0649. The SMILES string of the molecule is CCC1NCCOc2cc(F)ccc2CCCNC(=O)[C@@H](Cc2ccc(C(=N)N)cc2)NC(=O)[C@@H](C)N(C)C1=O. The summed E-state index contributed by atoms with van der Waals surface area (Å²) in [4.78, 5) is 41.0. The maximum atomic E-state index is 13.9. The molecule has 0 saturated carbocycles. The molecule has 3 atom stereocenters. The first-order chi connectivity index (χ1) is 19.1. The first-order valence-corrected chi connectivity index (χ1v) is 13.5. The standard InChI is InChI=1S/C29H39FN6O4/c1-4-23-29(39)36(3)18(2)27(37)35-24(16-19-7-9-21(10-8-19)26(31)32)28(38)34-13-5-6-20-11-12-22(30)17-25(20)40-15-14-33-23/h7-12,17-18,23-24,33H,4-6,13-16H2,1-3H3,(H3,31,32)(H,34,38)(H,35,37)/t18-,23?,24-/m1/s1. The molecular weight excluding hydrogens is 515 g/mol. The fourth-order valence-corrected chi connectivity index (χ4v) is 4.45. The first-order valence-electron chi connectivity index (χ1n) is 13.5. The molecule has 1 unspecified atom stereocenters. The summed E-state index contributed by atoms with van der Waals surface area (Å²) >= 11 is 0. The maximum Gasteiger partial charge on any atom is 0.243 e. The number of amidine groups is 1. The number of nitrogens with one attached hydrogen (secondary N) is 4. The Bertz CT molecular complexity index is 1210. The van der Waals surface area contributed by atoms with Gasteiger partial charge in [-0.3, -0.25) is 19.8 Å². The number of nitrogen functional groups attached to an aromatic ring is 1. The van der Waals surface area contributed by atoms with Crippen molar-refractivity contribution in [2.75, 3.05) is 26.7 Å². The fraction of sp³-hybridized carbons (Fsp3) is 0.448. The Morgan fingerprint density at radius 1 is 1.10 bits per heavy atom. The number of ether oxygens (including phenoxy) is 1. The lowest BCUT2D eigenvalue weighted by atomic mass is 10.0. The minimum Gasteiger partial charge on any atom is -0.492 e. The molecule has 40 heavy (non-hydrogen) atoms. The second kappa shape index (κ2) is 14.4. The molecule has 0 spiro atoms. The van der Waals surface area contributed by atoms with Gasteiger partial charge in [0.15, 0.2) is 0 Å². The van der Waals surface area contributed by atoms with Crippen LogP contribution in [0.2, 0.25) is 0 Å². The highest BCUT2D eigenvalue weighted by molar-refractivity contribution is 5.95. The number of amides is 3. The average molecular weight is 555 g/mol. The van der Waals surface area contributed by atoms with E-state index in [-0.39, 0.29) is 30.7 Å². The summed E-state index contributed by atoms with van der Waals surface area (Å²) in [5.74, 6) is -1.13. The molecule has 0 aromatic heterocycles. The number of aryl methyl sites for hydroxylation is 1. The summed E-state index contributed by atoms with van der Waals surface area (Å²) in [5, 5.41) is 16.4. The number of fused-ring (bicyclic) bond motifs is 1. The zero-order valence-electron chi connectivity index (χ0n) is 23.3. The van der Waals surface area contributed by atoms with Gasteiger partial charge in [0.1, 0.15) is 36.1 Å². The third-order valence-electron chi connectivity index (χ3n) is 7.05. The molecular formula is C29H39FN6O4. The van der Waals surface area contributed by atoms with Gasteiger partial charge >= 0.3 is 0 Å². The van der Waals surface area contributed by atoms with Crippen LogP contribution in [0.3, 0.4) is 0 Å². The monoisotopic (exact) mass is 554 g/mol. The highest BCUT2D eigenvalue weighted by atomic mass is 19.1. The van der Waals surface area contributed by atoms with Gasteiger partial charge in [-0.25, -0.2) is 4.39 Å². The molecule has 10 nitrogen and oxygen atoms in total. The van der Waals surface area contributed by atoms with Gasteiger partial charge in [-0.15, -0.1) is 0 Å². The number of carbonyl (C=O) groups excluding carboxylic acids is 3. The van der Waals surface area contributed by atoms with E-state index in [1.807, 2.05) is 6.92 Å². The molecule has 3 amide bonds. The summed E-state index contributed by atoms with van der Waals surface area (Å²) in [6, 6.07) is 9.00. The van der Waals surface area contributed by atoms with Crippen LogP contribution in [0.5, 0.6) is 5.75 Å². The molecule has 3 rings (SSSR count). The molecule has 0 bridgehead atoms. The Hall–Kier alpha value is -3.99. The van der Waals surface area contributed by atoms with E-state index in [9.17, 15) is 18.8 Å². The largest absolute Gasteiger partial charge is 0.492 e. The fourth-order valence-electron chi connectivity index (χ4n) is 4.45. The zero-order chi connectivity index (χ0) is 29.2. The maximum absolute atomic E-state index is 13.9. The molecule has 1 heterocycles. The van der Waals surface area contributed by atoms with E-state index in [0.717, 1.165) is 11.1 Å². The summed E-state index contributed by atoms with van der Waals surface area (Å²) < 4.78 is 19.8. The average Bonchev–Trinajstić information content (AvgIpc) is 2.94. The van der Waals surface area contributed by atoms with Crippen LogP contribution in [0, 0.1) is 11.2 Å². The van der Waals surface area contributed by atoms with Gasteiger partial charge in [0, 0.05) is 38.2 Å². The number of hydrogen-bond acceptors (Lipinski definition) is 6. The summed E-state index contributed by atoms with van der Waals surface area (Å²) in [6.45, 7) is 4.40. The van der Waals surface area contributed by atoms with Crippen molar-refractivity contribution in [1.82, 2.24) is 20.9 Å². The van der Waals surface area contributed by atoms with E-state index < -0.39 is 29.8 Å². The van der Waals surface area contributed by atoms with Crippen LogP contribution < -0.4 is 26.4 Å².